The number of carbonyl (C=O) groups is 1. The van der Waals surface area contributed by atoms with Gasteiger partial charge < -0.3 is 20.3 Å². The van der Waals surface area contributed by atoms with Crippen molar-refractivity contribution in [3.63, 3.8) is 0 Å². The van der Waals surface area contributed by atoms with Crippen molar-refractivity contribution in [2.24, 2.45) is 0 Å². The Morgan fingerprint density at radius 2 is 1.71 bits per heavy atom. The fraction of sp³-hybridized carbons (Fsp3) is 0.480. The summed E-state index contributed by atoms with van der Waals surface area (Å²) < 4.78 is 32.7. The van der Waals surface area contributed by atoms with Crippen molar-refractivity contribution in [1.82, 2.24) is 9.62 Å². The number of piperidine rings is 1. The monoisotopic (exact) mass is 488 g/mol. The summed E-state index contributed by atoms with van der Waals surface area (Å²) in [5.74, 6) is 0.386. The Morgan fingerprint density at radius 1 is 1.12 bits per heavy atom. The zero-order chi connectivity index (χ0) is 24.9. The molecule has 0 bridgehead atoms. The molecule has 1 aliphatic heterocycles. The van der Waals surface area contributed by atoms with Gasteiger partial charge in [0.2, 0.25) is 15.9 Å². The van der Waals surface area contributed by atoms with Crippen LogP contribution in [0, 0.1) is 13.8 Å². The zero-order valence-corrected chi connectivity index (χ0v) is 21.5. The number of aryl methyl sites for hydroxylation is 2. The normalized spacial score (nSPS) is 14.9. The third-order valence-electron chi connectivity index (χ3n) is 6.41. The number of sulfonamides is 1. The maximum absolute atomic E-state index is 13.1. The molecule has 2 aromatic carbocycles. The third kappa shape index (κ3) is 6.08. The van der Waals surface area contributed by atoms with Crippen LogP contribution in [-0.4, -0.2) is 65.5 Å². The highest BCUT2D eigenvalue weighted by Crippen LogP contribution is 2.28. The van der Waals surface area contributed by atoms with Crippen LogP contribution in [0.3, 0.4) is 0 Å². The van der Waals surface area contributed by atoms with Gasteiger partial charge in [0.1, 0.15) is 5.75 Å². The number of hydrogen-bond acceptors (Lipinski definition) is 6. The molecule has 1 amide bonds. The van der Waals surface area contributed by atoms with Gasteiger partial charge in [0.25, 0.3) is 0 Å². The molecule has 186 valence electrons. The number of ether oxygens (including phenoxy) is 1. The molecular weight excluding hydrogens is 452 g/mol. The van der Waals surface area contributed by atoms with Gasteiger partial charge in [0.15, 0.2) is 0 Å². The number of methoxy groups -OCH3 is 1. The van der Waals surface area contributed by atoms with E-state index in [9.17, 15) is 13.2 Å². The summed E-state index contributed by atoms with van der Waals surface area (Å²) in [5.41, 5.74) is 3.07. The van der Waals surface area contributed by atoms with Crippen LogP contribution in [0.4, 0.5) is 11.4 Å². The fourth-order valence-electron chi connectivity index (χ4n) is 4.38. The number of benzene rings is 2. The minimum Gasteiger partial charge on any atom is -0.497 e. The molecule has 8 nitrogen and oxygen atoms in total. The van der Waals surface area contributed by atoms with Crippen molar-refractivity contribution in [2.45, 2.75) is 44.0 Å². The van der Waals surface area contributed by atoms with Crippen LogP contribution < -0.4 is 20.3 Å². The zero-order valence-electron chi connectivity index (χ0n) is 20.7. The first kappa shape index (κ1) is 26.0. The smallest absolute Gasteiger partial charge is 0.243 e. The number of rotatable bonds is 9. The van der Waals surface area contributed by atoms with E-state index in [0.29, 0.717) is 28.6 Å². The number of hydrogen-bond donors (Lipinski definition) is 2. The second-order valence-electron chi connectivity index (χ2n) is 8.81. The summed E-state index contributed by atoms with van der Waals surface area (Å²) in [7, 11) is 1.32. The summed E-state index contributed by atoms with van der Waals surface area (Å²) in [6.45, 7) is 5.58. The Morgan fingerprint density at radius 3 is 2.24 bits per heavy atom. The van der Waals surface area contributed by atoms with Crippen LogP contribution in [0.25, 0.3) is 0 Å². The quantitative estimate of drug-likeness (QED) is 0.564. The highest BCUT2D eigenvalue weighted by atomic mass is 32.2. The van der Waals surface area contributed by atoms with E-state index in [2.05, 4.69) is 15.5 Å². The Hall–Kier alpha value is -2.62. The van der Waals surface area contributed by atoms with Gasteiger partial charge in [-0.05, 0) is 81.3 Å². The maximum atomic E-state index is 13.1. The molecule has 0 unspecified atom stereocenters. The summed E-state index contributed by atoms with van der Waals surface area (Å²) in [6.07, 6.45) is 2.28. The lowest BCUT2D eigenvalue weighted by molar-refractivity contribution is -0.116. The van der Waals surface area contributed by atoms with Crippen LogP contribution in [0.1, 0.15) is 30.4 Å². The number of nitrogens with one attached hydrogen (secondary N) is 2. The predicted octanol–water partition coefficient (Wildman–Crippen LogP) is 3.15. The van der Waals surface area contributed by atoms with Crippen LogP contribution in [-0.2, 0) is 14.8 Å². The van der Waals surface area contributed by atoms with Gasteiger partial charge in [-0.15, -0.1) is 0 Å². The number of anilines is 2. The minimum absolute atomic E-state index is 0.0588. The molecule has 1 saturated heterocycles. The topological polar surface area (TPSA) is 91.0 Å². The Bertz CT molecular complexity index is 1070. The molecular formula is C25H36N4O4S. The van der Waals surface area contributed by atoms with E-state index in [4.69, 9.17) is 4.74 Å². The average molecular weight is 489 g/mol. The lowest BCUT2D eigenvalue weighted by atomic mass is 10.0. The van der Waals surface area contributed by atoms with Crippen molar-refractivity contribution in [2.75, 3.05) is 51.1 Å². The Balaban J connectivity index is 1.55. The van der Waals surface area contributed by atoms with E-state index in [0.717, 1.165) is 31.6 Å². The third-order valence-corrected chi connectivity index (χ3v) is 8.57. The summed E-state index contributed by atoms with van der Waals surface area (Å²) in [6, 6.07) is 11.8. The van der Waals surface area contributed by atoms with Crippen molar-refractivity contribution in [1.29, 1.82) is 0 Å². The van der Waals surface area contributed by atoms with Gasteiger partial charge in [-0.2, -0.15) is 0 Å². The SMILES string of the molecule is CNC1CCN(c2ccc(NC(=O)CCN(C)S(=O)(=O)c3c(C)cc(OC)cc3C)cc2)CC1. The van der Waals surface area contributed by atoms with E-state index >= 15 is 0 Å². The highest BCUT2D eigenvalue weighted by Gasteiger charge is 2.26. The largest absolute Gasteiger partial charge is 0.497 e. The van der Waals surface area contributed by atoms with E-state index in [-0.39, 0.29) is 23.8 Å². The summed E-state index contributed by atoms with van der Waals surface area (Å²) in [5, 5.41) is 6.20. The first-order valence-electron chi connectivity index (χ1n) is 11.6. The molecule has 0 saturated carbocycles. The molecule has 0 atom stereocenters. The number of amides is 1. The molecule has 3 rings (SSSR count). The van der Waals surface area contributed by atoms with Crippen LogP contribution in [0.15, 0.2) is 41.3 Å². The Labute approximate surface area is 203 Å². The van der Waals surface area contributed by atoms with Gasteiger partial charge in [0, 0.05) is 50.5 Å². The lowest BCUT2D eigenvalue weighted by Crippen LogP contribution is -2.41. The van der Waals surface area contributed by atoms with Crippen LogP contribution in [0.5, 0.6) is 5.75 Å². The standard InChI is InChI=1S/C25H36N4O4S/c1-18-16-23(33-5)17-19(2)25(18)34(31,32)28(4)13-12-24(30)27-21-6-8-22(9-7-21)29-14-10-20(26-3)11-15-29/h6-9,16-17,20,26H,10-15H2,1-5H3,(H,27,30). The van der Waals surface area contributed by atoms with Gasteiger partial charge in [-0.1, -0.05) is 0 Å². The van der Waals surface area contributed by atoms with E-state index in [1.165, 1.54) is 11.4 Å². The van der Waals surface area contributed by atoms with Crippen molar-refractivity contribution in [3.05, 3.63) is 47.5 Å². The molecule has 0 spiro atoms. The molecule has 9 heteroatoms. The first-order valence-corrected chi connectivity index (χ1v) is 13.0. The van der Waals surface area contributed by atoms with Gasteiger partial charge in [-0.25, -0.2) is 12.7 Å². The fourth-order valence-corrected chi connectivity index (χ4v) is 5.95. The van der Waals surface area contributed by atoms with E-state index in [1.807, 2.05) is 31.3 Å². The average Bonchev–Trinajstić information content (AvgIpc) is 2.82. The predicted molar refractivity (Wildman–Crippen MR) is 136 cm³/mol. The molecule has 1 aliphatic rings. The van der Waals surface area contributed by atoms with E-state index < -0.39 is 10.0 Å². The van der Waals surface area contributed by atoms with Crippen LogP contribution >= 0.6 is 0 Å². The van der Waals surface area contributed by atoms with Gasteiger partial charge in [-0.3, -0.25) is 4.79 Å². The number of nitrogens with zero attached hydrogens (tertiary/aromatic N) is 2. The van der Waals surface area contributed by atoms with Gasteiger partial charge >= 0.3 is 0 Å². The maximum Gasteiger partial charge on any atom is 0.243 e. The van der Waals surface area contributed by atoms with Crippen molar-refractivity contribution in [3.8, 4) is 5.75 Å². The molecule has 0 aromatic heterocycles. The molecule has 34 heavy (non-hydrogen) atoms. The summed E-state index contributed by atoms with van der Waals surface area (Å²) >= 11 is 0. The highest BCUT2D eigenvalue weighted by molar-refractivity contribution is 7.89. The molecule has 0 radical (unpaired) electrons. The second-order valence-corrected chi connectivity index (χ2v) is 10.8. The number of carbonyl (C=O) groups excluding carboxylic acids is 1. The van der Waals surface area contributed by atoms with Crippen molar-refractivity contribution >= 4 is 27.3 Å². The minimum atomic E-state index is -3.73. The first-order chi connectivity index (χ1) is 16.1. The van der Waals surface area contributed by atoms with Crippen LogP contribution in [0.2, 0.25) is 0 Å². The Kier molecular flexibility index (Phi) is 8.57. The second kappa shape index (κ2) is 11.2. The molecule has 1 fully saturated rings. The summed E-state index contributed by atoms with van der Waals surface area (Å²) in [4.78, 5) is 15.1. The van der Waals surface area contributed by atoms with Gasteiger partial charge in [0.05, 0.1) is 12.0 Å². The van der Waals surface area contributed by atoms with E-state index in [1.54, 1.807) is 33.1 Å². The molecule has 0 aliphatic carbocycles. The lowest BCUT2D eigenvalue weighted by Gasteiger charge is -2.33. The molecule has 2 N–H and O–H groups in total. The molecule has 2 aromatic rings. The molecule has 1 heterocycles. The van der Waals surface area contributed by atoms with Crippen molar-refractivity contribution < 1.29 is 17.9 Å².